The molecular weight excluding hydrogens is 340 g/mol. The topological polar surface area (TPSA) is 74.8 Å². The molecule has 0 spiro atoms. The monoisotopic (exact) mass is 356 g/mol. The molecular formula is C22H16N2O3. The third kappa shape index (κ3) is 3.57. The third-order valence-electron chi connectivity index (χ3n) is 4.14. The second-order valence-electron chi connectivity index (χ2n) is 5.96. The Kier molecular flexibility index (Phi) is 4.41. The van der Waals surface area contributed by atoms with Crippen LogP contribution >= 0.6 is 0 Å². The number of carbonyl (C=O) groups excluding carboxylic acids is 1. The summed E-state index contributed by atoms with van der Waals surface area (Å²) in [7, 11) is 0. The van der Waals surface area contributed by atoms with Crippen LogP contribution in [0.2, 0.25) is 0 Å². The normalized spacial score (nSPS) is 11.1. The van der Waals surface area contributed by atoms with E-state index in [9.17, 15) is 9.90 Å². The maximum atomic E-state index is 12.1. The minimum atomic E-state index is -0.326. The molecule has 4 rings (SSSR count). The van der Waals surface area contributed by atoms with Gasteiger partial charge < -0.3 is 14.8 Å². The van der Waals surface area contributed by atoms with Crippen molar-refractivity contribution >= 4 is 34.3 Å². The Bertz CT molecular complexity index is 1130. The van der Waals surface area contributed by atoms with Gasteiger partial charge in [0.15, 0.2) is 5.76 Å². The first-order valence-electron chi connectivity index (χ1n) is 8.40. The number of hydrogen-bond donors (Lipinski definition) is 2. The van der Waals surface area contributed by atoms with Gasteiger partial charge >= 0.3 is 0 Å². The Morgan fingerprint density at radius 3 is 2.74 bits per heavy atom. The minimum Gasteiger partial charge on any atom is -0.507 e. The van der Waals surface area contributed by atoms with Crippen molar-refractivity contribution in [3.63, 3.8) is 0 Å². The molecule has 0 saturated carbocycles. The number of phenolic OH excluding ortho intramolecular Hbond substituents is 1. The third-order valence-corrected chi connectivity index (χ3v) is 4.14. The smallest absolute Gasteiger partial charge is 0.291 e. The van der Waals surface area contributed by atoms with Crippen molar-refractivity contribution in [2.75, 3.05) is 5.32 Å². The van der Waals surface area contributed by atoms with Gasteiger partial charge in [-0.3, -0.25) is 9.79 Å². The van der Waals surface area contributed by atoms with Crippen LogP contribution in [0.4, 0.5) is 11.4 Å². The van der Waals surface area contributed by atoms with Gasteiger partial charge in [-0.2, -0.15) is 0 Å². The van der Waals surface area contributed by atoms with Crippen LogP contribution in [0.3, 0.4) is 0 Å². The molecule has 0 aliphatic rings. The predicted octanol–water partition coefficient (Wildman–Crippen LogP) is 5.14. The number of phenols is 1. The molecule has 0 fully saturated rings. The van der Waals surface area contributed by atoms with Crippen molar-refractivity contribution in [3.05, 3.63) is 90.4 Å². The number of anilines is 1. The molecule has 0 unspecified atom stereocenters. The van der Waals surface area contributed by atoms with Gasteiger partial charge in [-0.15, -0.1) is 0 Å². The van der Waals surface area contributed by atoms with Crippen molar-refractivity contribution in [2.45, 2.75) is 0 Å². The average molecular weight is 356 g/mol. The lowest BCUT2D eigenvalue weighted by atomic mass is 10.0. The van der Waals surface area contributed by atoms with Gasteiger partial charge in [0.2, 0.25) is 0 Å². The zero-order chi connectivity index (χ0) is 18.6. The molecule has 27 heavy (non-hydrogen) atoms. The van der Waals surface area contributed by atoms with Gasteiger partial charge in [-0.1, -0.05) is 36.4 Å². The SMILES string of the molecule is O=C(Nc1cccc(N=Cc2c(O)ccc3ccccc23)c1)c1ccco1. The Labute approximate surface area is 155 Å². The van der Waals surface area contributed by atoms with Crippen LogP contribution in [0, 0.1) is 0 Å². The molecule has 1 amide bonds. The molecule has 2 N–H and O–H groups in total. The average Bonchev–Trinajstić information content (AvgIpc) is 3.22. The summed E-state index contributed by atoms with van der Waals surface area (Å²) in [6.45, 7) is 0. The second kappa shape index (κ2) is 7.17. The van der Waals surface area contributed by atoms with Crippen LogP contribution in [0.15, 0.2) is 88.5 Å². The molecule has 0 radical (unpaired) electrons. The van der Waals surface area contributed by atoms with E-state index in [-0.39, 0.29) is 17.4 Å². The highest BCUT2D eigenvalue weighted by atomic mass is 16.3. The van der Waals surface area contributed by atoms with Gasteiger partial charge in [-0.05, 0) is 47.2 Å². The van der Waals surface area contributed by atoms with E-state index in [1.165, 1.54) is 6.26 Å². The van der Waals surface area contributed by atoms with Gasteiger partial charge in [0.25, 0.3) is 5.91 Å². The molecule has 0 saturated heterocycles. The van der Waals surface area contributed by atoms with Crippen molar-refractivity contribution in [1.82, 2.24) is 0 Å². The van der Waals surface area contributed by atoms with E-state index in [1.54, 1.807) is 42.6 Å². The van der Waals surface area contributed by atoms with E-state index in [0.29, 0.717) is 16.9 Å². The molecule has 4 aromatic rings. The number of nitrogens with zero attached hydrogens (tertiary/aromatic N) is 1. The number of carbonyl (C=O) groups is 1. The van der Waals surface area contributed by atoms with E-state index in [1.807, 2.05) is 36.4 Å². The van der Waals surface area contributed by atoms with Crippen LogP contribution in [-0.2, 0) is 0 Å². The number of hydrogen-bond acceptors (Lipinski definition) is 4. The summed E-state index contributed by atoms with van der Waals surface area (Å²) in [5.74, 6) is 0.0807. The highest BCUT2D eigenvalue weighted by molar-refractivity contribution is 6.04. The Hall–Kier alpha value is -3.86. The zero-order valence-electron chi connectivity index (χ0n) is 14.3. The number of furan rings is 1. The number of rotatable bonds is 4. The largest absolute Gasteiger partial charge is 0.507 e. The summed E-state index contributed by atoms with van der Waals surface area (Å²) in [4.78, 5) is 16.5. The van der Waals surface area contributed by atoms with Crippen molar-refractivity contribution < 1.29 is 14.3 Å². The molecule has 0 aliphatic carbocycles. The summed E-state index contributed by atoms with van der Waals surface area (Å²) in [5.41, 5.74) is 1.91. The first kappa shape index (κ1) is 16.6. The van der Waals surface area contributed by atoms with E-state index < -0.39 is 0 Å². The Morgan fingerprint density at radius 1 is 1.00 bits per heavy atom. The Balaban J connectivity index is 1.60. The van der Waals surface area contributed by atoms with E-state index in [0.717, 1.165) is 10.8 Å². The number of aromatic hydroxyl groups is 1. The maximum Gasteiger partial charge on any atom is 0.291 e. The lowest BCUT2D eigenvalue weighted by Gasteiger charge is -2.06. The highest BCUT2D eigenvalue weighted by Gasteiger charge is 2.09. The van der Waals surface area contributed by atoms with Gasteiger partial charge in [0.1, 0.15) is 5.75 Å². The predicted molar refractivity (Wildman–Crippen MR) is 106 cm³/mol. The lowest BCUT2D eigenvalue weighted by Crippen LogP contribution is -2.10. The van der Waals surface area contributed by atoms with Crippen molar-refractivity contribution in [3.8, 4) is 5.75 Å². The molecule has 5 nitrogen and oxygen atoms in total. The van der Waals surface area contributed by atoms with Crippen LogP contribution < -0.4 is 5.32 Å². The molecule has 0 bridgehead atoms. The van der Waals surface area contributed by atoms with Gasteiger partial charge in [0, 0.05) is 17.5 Å². The van der Waals surface area contributed by atoms with E-state index >= 15 is 0 Å². The second-order valence-corrected chi connectivity index (χ2v) is 5.96. The quantitative estimate of drug-likeness (QED) is 0.497. The fraction of sp³-hybridized carbons (Fsp3) is 0. The number of aliphatic imine (C=N–C) groups is 1. The summed E-state index contributed by atoms with van der Waals surface area (Å²) < 4.78 is 5.09. The van der Waals surface area contributed by atoms with Crippen LogP contribution in [-0.4, -0.2) is 17.2 Å². The van der Waals surface area contributed by atoms with E-state index in [2.05, 4.69) is 10.3 Å². The Morgan fingerprint density at radius 2 is 1.89 bits per heavy atom. The number of nitrogens with one attached hydrogen (secondary N) is 1. The van der Waals surface area contributed by atoms with Gasteiger partial charge in [-0.25, -0.2) is 0 Å². The molecule has 0 aliphatic heterocycles. The first-order valence-corrected chi connectivity index (χ1v) is 8.40. The lowest BCUT2D eigenvalue weighted by molar-refractivity contribution is 0.0996. The molecule has 0 atom stereocenters. The molecule has 3 aromatic carbocycles. The fourth-order valence-corrected chi connectivity index (χ4v) is 2.82. The number of benzene rings is 3. The summed E-state index contributed by atoms with van der Waals surface area (Å²) in [5, 5.41) is 14.9. The highest BCUT2D eigenvalue weighted by Crippen LogP contribution is 2.26. The first-order chi connectivity index (χ1) is 13.2. The fourth-order valence-electron chi connectivity index (χ4n) is 2.82. The number of amides is 1. The maximum absolute atomic E-state index is 12.1. The van der Waals surface area contributed by atoms with Crippen LogP contribution in [0.1, 0.15) is 16.1 Å². The molecule has 1 heterocycles. The van der Waals surface area contributed by atoms with Crippen molar-refractivity contribution in [2.24, 2.45) is 4.99 Å². The van der Waals surface area contributed by atoms with Crippen molar-refractivity contribution in [1.29, 1.82) is 0 Å². The molecule has 5 heteroatoms. The standard InChI is InChI=1S/C22H16N2O3/c25-20-11-10-15-5-1-2-8-18(15)19(20)14-23-16-6-3-7-17(13-16)24-22(26)21-9-4-12-27-21/h1-14,25H,(H,24,26). The van der Waals surface area contributed by atoms with E-state index in [4.69, 9.17) is 4.42 Å². The summed E-state index contributed by atoms with van der Waals surface area (Å²) in [6, 6.07) is 21.7. The zero-order valence-corrected chi connectivity index (χ0v) is 14.3. The van der Waals surface area contributed by atoms with Gasteiger partial charge in [0.05, 0.1) is 12.0 Å². The molecule has 132 valence electrons. The number of fused-ring (bicyclic) bond motifs is 1. The van der Waals surface area contributed by atoms with Crippen LogP contribution in [0.25, 0.3) is 10.8 Å². The molecule has 1 aromatic heterocycles. The van der Waals surface area contributed by atoms with Crippen LogP contribution in [0.5, 0.6) is 5.75 Å². The minimum absolute atomic E-state index is 0.166. The summed E-state index contributed by atoms with van der Waals surface area (Å²) in [6.07, 6.45) is 3.08. The summed E-state index contributed by atoms with van der Waals surface area (Å²) >= 11 is 0.